The first-order valence-electron chi connectivity index (χ1n) is 6.12. The van der Waals surface area contributed by atoms with Gasteiger partial charge in [-0.25, -0.2) is 0 Å². The Morgan fingerprint density at radius 3 is 2.40 bits per heavy atom. The summed E-state index contributed by atoms with van der Waals surface area (Å²) < 4.78 is 39.8. The summed E-state index contributed by atoms with van der Waals surface area (Å²) >= 11 is 0. The van der Waals surface area contributed by atoms with Gasteiger partial charge >= 0.3 is 6.18 Å². The third-order valence-corrected chi connectivity index (χ3v) is 3.65. The summed E-state index contributed by atoms with van der Waals surface area (Å²) in [5, 5.41) is 11.8. The van der Waals surface area contributed by atoms with Gasteiger partial charge in [-0.1, -0.05) is 0 Å². The molecule has 1 amide bonds. The summed E-state index contributed by atoms with van der Waals surface area (Å²) in [7, 11) is 1.31. The number of nitrogens with one attached hydrogen (secondary N) is 1. The zero-order chi connectivity index (χ0) is 15.0. The highest BCUT2D eigenvalue weighted by molar-refractivity contribution is 5.98. The molecule has 0 radical (unpaired) electrons. The van der Waals surface area contributed by atoms with Gasteiger partial charge in [0.2, 0.25) is 5.91 Å². The van der Waals surface area contributed by atoms with Gasteiger partial charge in [-0.2, -0.15) is 13.2 Å². The Morgan fingerprint density at radius 1 is 1.35 bits per heavy atom. The lowest BCUT2D eigenvalue weighted by Gasteiger charge is -2.33. The van der Waals surface area contributed by atoms with Crippen molar-refractivity contribution in [2.24, 2.45) is 5.41 Å². The van der Waals surface area contributed by atoms with E-state index in [9.17, 15) is 23.1 Å². The van der Waals surface area contributed by atoms with Crippen LogP contribution in [0.1, 0.15) is 6.42 Å². The van der Waals surface area contributed by atoms with Gasteiger partial charge < -0.3 is 15.3 Å². The Labute approximate surface area is 114 Å². The molecule has 1 fully saturated rings. The molecule has 20 heavy (non-hydrogen) atoms. The average Bonchev–Trinajstić information content (AvgIpc) is 2.88. The maximum Gasteiger partial charge on any atom is 0.404 e. The van der Waals surface area contributed by atoms with Crippen molar-refractivity contribution < 1.29 is 23.1 Å². The molecule has 0 saturated carbocycles. The molecule has 1 aromatic rings. The van der Waals surface area contributed by atoms with Crippen molar-refractivity contribution in [2.45, 2.75) is 12.6 Å². The minimum Gasteiger partial charge on any atom is -0.508 e. The molecular weight excluding hydrogens is 273 g/mol. The summed E-state index contributed by atoms with van der Waals surface area (Å²) in [5.74, 6) is -0.997. The van der Waals surface area contributed by atoms with E-state index in [1.807, 2.05) is 0 Å². The van der Waals surface area contributed by atoms with Crippen molar-refractivity contribution in [3.8, 4) is 5.75 Å². The number of phenols is 1. The zero-order valence-corrected chi connectivity index (χ0v) is 10.9. The second-order valence-corrected chi connectivity index (χ2v) is 4.89. The number of hydrogen-bond acceptors (Lipinski definition) is 3. The summed E-state index contributed by atoms with van der Waals surface area (Å²) in [6.45, 7) is -0.244. The number of alkyl halides is 3. The highest BCUT2D eigenvalue weighted by atomic mass is 19.4. The monoisotopic (exact) mass is 288 g/mol. The molecule has 7 heteroatoms. The first-order valence-corrected chi connectivity index (χ1v) is 6.12. The van der Waals surface area contributed by atoms with Crippen LogP contribution in [0.25, 0.3) is 0 Å². The standard InChI is InChI=1S/C13H15F3N2O2/c1-18(9-2-4-10(19)5-3-9)11(20)12(13(14,15)16)6-7-17-8-12/h2-5,17,19H,6-8H2,1H3. The smallest absolute Gasteiger partial charge is 0.404 e. The molecule has 1 unspecified atom stereocenters. The van der Waals surface area contributed by atoms with Gasteiger partial charge in [0.25, 0.3) is 0 Å². The highest BCUT2D eigenvalue weighted by Gasteiger charge is 2.62. The molecule has 1 heterocycles. The number of nitrogens with zero attached hydrogens (tertiary/aromatic N) is 1. The van der Waals surface area contributed by atoms with Crippen molar-refractivity contribution in [3.63, 3.8) is 0 Å². The summed E-state index contributed by atoms with van der Waals surface area (Å²) in [4.78, 5) is 13.3. The van der Waals surface area contributed by atoms with Crippen LogP contribution in [0, 0.1) is 5.41 Å². The fourth-order valence-electron chi connectivity index (χ4n) is 2.35. The van der Waals surface area contributed by atoms with Crippen molar-refractivity contribution in [1.29, 1.82) is 0 Å². The van der Waals surface area contributed by atoms with Crippen LogP contribution < -0.4 is 10.2 Å². The van der Waals surface area contributed by atoms with Gasteiger partial charge in [-0.15, -0.1) is 0 Å². The molecule has 0 bridgehead atoms. The molecule has 0 spiro atoms. The molecule has 1 aliphatic rings. The quantitative estimate of drug-likeness (QED) is 0.874. The highest BCUT2D eigenvalue weighted by Crippen LogP contribution is 2.44. The van der Waals surface area contributed by atoms with Gasteiger partial charge in [0.1, 0.15) is 5.75 Å². The number of halogens is 3. The fourth-order valence-corrected chi connectivity index (χ4v) is 2.35. The molecule has 110 valence electrons. The third kappa shape index (κ3) is 2.33. The molecule has 1 saturated heterocycles. The van der Waals surface area contributed by atoms with Crippen molar-refractivity contribution >= 4 is 11.6 Å². The van der Waals surface area contributed by atoms with E-state index in [0.717, 1.165) is 4.90 Å². The topological polar surface area (TPSA) is 52.6 Å². The van der Waals surface area contributed by atoms with Crippen LogP contribution >= 0.6 is 0 Å². The van der Waals surface area contributed by atoms with E-state index >= 15 is 0 Å². The lowest BCUT2D eigenvalue weighted by atomic mass is 9.84. The van der Waals surface area contributed by atoms with E-state index in [4.69, 9.17) is 0 Å². The van der Waals surface area contributed by atoms with Gasteiger partial charge in [-0.05, 0) is 37.2 Å². The normalized spacial score (nSPS) is 22.8. The number of carbonyl (C=O) groups excluding carboxylic acids is 1. The molecular formula is C13H15F3N2O2. The molecule has 0 aromatic heterocycles. The maximum atomic E-state index is 13.3. The van der Waals surface area contributed by atoms with Gasteiger partial charge in [-0.3, -0.25) is 4.79 Å². The van der Waals surface area contributed by atoms with Gasteiger partial charge in [0.05, 0.1) is 0 Å². The number of benzene rings is 1. The van der Waals surface area contributed by atoms with E-state index in [1.54, 1.807) is 0 Å². The molecule has 2 N–H and O–H groups in total. The predicted octanol–water partition coefficient (Wildman–Crippen LogP) is 1.90. The first kappa shape index (κ1) is 14.6. The number of aromatic hydroxyl groups is 1. The Kier molecular flexibility index (Phi) is 3.64. The SMILES string of the molecule is CN(C(=O)C1(C(F)(F)F)CCNC1)c1ccc(O)cc1. The molecule has 4 nitrogen and oxygen atoms in total. The average molecular weight is 288 g/mol. The van der Waals surface area contributed by atoms with Crippen LogP contribution in [-0.2, 0) is 4.79 Å². The number of phenolic OH excluding ortho intramolecular Hbond substituents is 1. The minimum absolute atomic E-state index is 0.0114. The van der Waals surface area contributed by atoms with Crippen LogP contribution in [0.4, 0.5) is 18.9 Å². The molecule has 1 aliphatic heterocycles. The van der Waals surface area contributed by atoms with E-state index in [1.165, 1.54) is 31.3 Å². The number of anilines is 1. The van der Waals surface area contributed by atoms with E-state index in [-0.39, 0.29) is 18.7 Å². The second-order valence-electron chi connectivity index (χ2n) is 4.89. The third-order valence-electron chi connectivity index (χ3n) is 3.65. The molecule has 2 rings (SSSR count). The second kappa shape index (κ2) is 4.97. The van der Waals surface area contributed by atoms with E-state index in [0.29, 0.717) is 5.69 Å². The van der Waals surface area contributed by atoms with Crippen LogP contribution in [-0.4, -0.2) is 37.3 Å². The van der Waals surface area contributed by atoms with Crippen LogP contribution in [0.5, 0.6) is 5.75 Å². The predicted molar refractivity (Wildman–Crippen MR) is 67.5 cm³/mol. The van der Waals surface area contributed by atoms with E-state index < -0.39 is 24.0 Å². The number of hydrogen-bond donors (Lipinski definition) is 2. The molecule has 1 aromatic carbocycles. The van der Waals surface area contributed by atoms with Crippen LogP contribution in [0.15, 0.2) is 24.3 Å². The fraction of sp³-hybridized carbons (Fsp3) is 0.462. The molecule has 0 aliphatic carbocycles. The minimum atomic E-state index is -4.60. The number of carbonyl (C=O) groups is 1. The van der Waals surface area contributed by atoms with Crippen molar-refractivity contribution in [1.82, 2.24) is 5.32 Å². The lowest BCUT2D eigenvalue weighted by molar-refractivity contribution is -0.214. The summed E-state index contributed by atoms with van der Waals surface area (Å²) in [6.07, 6.45) is -4.86. The van der Waals surface area contributed by atoms with Crippen LogP contribution in [0.2, 0.25) is 0 Å². The molecule has 1 atom stereocenters. The van der Waals surface area contributed by atoms with Crippen molar-refractivity contribution in [3.05, 3.63) is 24.3 Å². The zero-order valence-electron chi connectivity index (χ0n) is 10.9. The lowest BCUT2D eigenvalue weighted by Crippen LogP contribution is -2.52. The summed E-state index contributed by atoms with van der Waals surface area (Å²) in [6, 6.07) is 5.46. The summed E-state index contributed by atoms with van der Waals surface area (Å²) in [5.41, 5.74) is -2.07. The first-order chi connectivity index (χ1) is 9.28. The Hall–Kier alpha value is -1.76. The van der Waals surface area contributed by atoms with Crippen molar-refractivity contribution in [2.75, 3.05) is 25.0 Å². The van der Waals surface area contributed by atoms with Gasteiger partial charge in [0.15, 0.2) is 5.41 Å². The van der Waals surface area contributed by atoms with Gasteiger partial charge in [0, 0.05) is 19.3 Å². The Bertz CT molecular complexity index is 493. The number of amides is 1. The number of rotatable bonds is 2. The van der Waals surface area contributed by atoms with E-state index in [2.05, 4.69) is 5.32 Å². The van der Waals surface area contributed by atoms with Crippen LogP contribution in [0.3, 0.4) is 0 Å². The largest absolute Gasteiger partial charge is 0.508 e. The Morgan fingerprint density at radius 2 is 1.95 bits per heavy atom. The maximum absolute atomic E-state index is 13.3. The Balaban J connectivity index is 2.31.